The van der Waals surface area contributed by atoms with Crippen molar-refractivity contribution in [1.82, 2.24) is 15.3 Å². The normalized spacial score (nSPS) is 21.8. The minimum atomic E-state index is 0.152. The monoisotopic (exact) mass is 227 g/mol. The predicted octanol–water partition coefficient (Wildman–Crippen LogP) is 1.32. The van der Waals surface area contributed by atoms with E-state index in [2.05, 4.69) is 22.2 Å². The van der Waals surface area contributed by atoms with Crippen LogP contribution in [0.1, 0.15) is 24.5 Å². The number of nitrogens with one attached hydrogen (secondary N) is 2. The van der Waals surface area contributed by atoms with E-state index in [4.69, 9.17) is 4.74 Å². The Morgan fingerprint density at radius 3 is 3.40 bits per heavy atom. The smallest absolute Gasteiger partial charge is 0.136 e. The lowest BCUT2D eigenvalue weighted by molar-refractivity contribution is 0.0700. The van der Waals surface area contributed by atoms with E-state index in [1.54, 1.807) is 0 Å². The molecule has 0 amide bonds. The maximum absolute atomic E-state index is 5.65. The summed E-state index contributed by atoms with van der Waals surface area (Å²) in [6.45, 7) is 4.75. The maximum atomic E-state index is 5.65. The summed E-state index contributed by atoms with van der Waals surface area (Å²) >= 11 is 1.92. The van der Waals surface area contributed by atoms with Gasteiger partial charge in [0.15, 0.2) is 0 Å². The van der Waals surface area contributed by atoms with E-state index in [-0.39, 0.29) is 6.10 Å². The van der Waals surface area contributed by atoms with Crippen LogP contribution in [0, 0.1) is 0 Å². The highest BCUT2D eigenvalue weighted by atomic mass is 32.2. The number of ether oxygens (including phenoxy) is 1. The first-order chi connectivity index (χ1) is 7.40. The molecule has 2 N–H and O–H groups in total. The van der Waals surface area contributed by atoms with Gasteiger partial charge < -0.3 is 15.0 Å². The minimum Gasteiger partial charge on any atom is -0.369 e. The first kappa shape index (κ1) is 11.0. The highest BCUT2D eigenvalue weighted by Crippen LogP contribution is 2.24. The Labute approximate surface area is 94.2 Å². The van der Waals surface area contributed by atoms with Crippen molar-refractivity contribution in [1.29, 1.82) is 0 Å². The lowest BCUT2D eigenvalue weighted by Gasteiger charge is -2.20. The van der Waals surface area contributed by atoms with Gasteiger partial charge in [0.25, 0.3) is 0 Å². The van der Waals surface area contributed by atoms with E-state index in [0.29, 0.717) is 0 Å². The van der Waals surface area contributed by atoms with E-state index in [0.717, 1.165) is 42.7 Å². The molecule has 0 bridgehead atoms. The Kier molecular flexibility index (Phi) is 4.05. The van der Waals surface area contributed by atoms with Crippen LogP contribution in [-0.4, -0.2) is 34.6 Å². The van der Waals surface area contributed by atoms with Crippen molar-refractivity contribution in [2.24, 2.45) is 0 Å². The van der Waals surface area contributed by atoms with Crippen molar-refractivity contribution in [2.75, 3.05) is 24.7 Å². The number of hydrogen-bond acceptors (Lipinski definition) is 4. The second-order valence-corrected chi connectivity index (χ2v) is 4.66. The molecule has 1 aliphatic heterocycles. The second kappa shape index (κ2) is 5.53. The lowest BCUT2D eigenvalue weighted by Crippen LogP contribution is -2.17. The summed E-state index contributed by atoms with van der Waals surface area (Å²) < 4.78 is 5.65. The van der Waals surface area contributed by atoms with E-state index in [9.17, 15) is 0 Å². The van der Waals surface area contributed by atoms with Crippen molar-refractivity contribution in [3.05, 3.63) is 17.7 Å². The number of hydrogen-bond donors (Lipinski definition) is 2. The van der Waals surface area contributed by atoms with Crippen molar-refractivity contribution in [3.63, 3.8) is 0 Å². The Morgan fingerprint density at radius 1 is 1.73 bits per heavy atom. The summed E-state index contributed by atoms with van der Waals surface area (Å²) in [6.07, 6.45) is 2.04. The van der Waals surface area contributed by atoms with Gasteiger partial charge in [-0.05, 0) is 6.54 Å². The van der Waals surface area contributed by atoms with Crippen molar-refractivity contribution in [3.8, 4) is 0 Å². The van der Waals surface area contributed by atoms with Crippen LogP contribution < -0.4 is 5.32 Å². The van der Waals surface area contributed by atoms with Gasteiger partial charge in [0.1, 0.15) is 11.9 Å². The molecule has 0 aliphatic carbocycles. The Morgan fingerprint density at radius 2 is 2.67 bits per heavy atom. The van der Waals surface area contributed by atoms with Crippen molar-refractivity contribution >= 4 is 11.8 Å². The van der Waals surface area contributed by atoms with Crippen LogP contribution in [0.3, 0.4) is 0 Å². The average Bonchev–Trinajstić information content (AvgIpc) is 2.76. The average molecular weight is 227 g/mol. The number of H-pyrrole nitrogens is 1. The van der Waals surface area contributed by atoms with Gasteiger partial charge in [-0.25, -0.2) is 4.98 Å². The van der Waals surface area contributed by atoms with Crippen LogP contribution in [0.5, 0.6) is 0 Å². The zero-order valence-corrected chi connectivity index (χ0v) is 9.77. The van der Waals surface area contributed by atoms with Gasteiger partial charge in [0.05, 0.1) is 6.61 Å². The van der Waals surface area contributed by atoms with Crippen molar-refractivity contribution < 1.29 is 4.74 Å². The highest BCUT2D eigenvalue weighted by Gasteiger charge is 2.19. The zero-order chi connectivity index (χ0) is 10.5. The van der Waals surface area contributed by atoms with Gasteiger partial charge in [0, 0.05) is 29.9 Å². The number of rotatable bonds is 4. The molecular formula is C10H17N3OS. The number of thioether (sulfide) groups is 1. The van der Waals surface area contributed by atoms with E-state index >= 15 is 0 Å². The third-order valence-electron chi connectivity index (χ3n) is 2.33. The number of nitrogens with zero attached hydrogens (tertiary/aromatic N) is 1. The largest absolute Gasteiger partial charge is 0.369 e. The number of aromatic amines is 1. The Bertz CT molecular complexity index is 297. The molecule has 1 atom stereocenters. The van der Waals surface area contributed by atoms with E-state index in [1.807, 2.05) is 18.0 Å². The quantitative estimate of drug-likeness (QED) is 0.814. The molecule has 1 unspecified atom stereocenters. The third-order valence-corrected chi connectivity index (χ3v) is 3.33. The molecular weight excluding hydrogens is 210 g/mol. The number of imidazole rings is 1. The fourth-order valence-electron chi connectivity index (χ4n) is 1.54. The Hall–Kier alpha value is -0.520. The van der Waals surface area contributed by atoms with Crippen LogP contribution in [0.4, 0.5) is 0 Å². The van der Waals surface area contributed by atoms with Gasteiger partial charge >= 0.3 is 0 Å². The highest BCUT2D eigenvalue weighted by molar-refractivity contribution is 7.99. The van der Waals surface area contributed by atoms with Gasteiger partial charge in [-0.1, -0.05) is 6.92 Å². The number of aromatic nitrogens is 2. The molecule has 2 rings (SSSR count). The van der Waals surface area contributed by atoms with Gasteiger partial charge in [-0.3, -0.25) is 0 Å². The molecule has 0 aromatic carbocycles. The molecule has 4 nitrogen and oxygen atoms in total. The molecule has 0 spiro atoms. The minimum absolute atomic E-state index is 0.152. The Balaban J connectivity index is 1.93. The van der Waals surface area contributed by atoms with E-state index in [1.165, 1.54) is 0 Å². The first-order valence-corrected chi connectivity index (χ1v) is 6.49. The van der Waals surface area contributed by atoms with Crippen LogP contribution in [-0.2, 0) is 11.3 Å². The van der Waals surface area contributed by atoms with Gasteiger partial charge in [0.2, 0.25) is 0 Å². The summed E-state index contributed by atoms with van der Waals surface area (Å²) in [6, 6.07) is 0. The van der Waals surface area contributed by atoms with Crippen LogP contribution in [0.15, 0.2) is 6.20 Å². The topological polar surface area (TPSA) is 49.9 Å². The SMILES string of the molecule is CCNCc1cnc(C2CSCCO2)[nH]1. The summed E-state index contributed by atoms with van der Waals surface area (Å²) in [5.74, 6) is 3.07. The molecule has 1 aromatic rings. The first-order valence-electron chi connectivity index (χ1n) is 5.34. The second-order valence-electron chi connectivity index (χ2n) is 3.51. The molecule has 2 heterocycles. The zero-order valence-electron chi connectivity index (χ0n) is 8.95. The van der Waals surface area contributed by atoms with Crippen LogP contribution >= 0.6 is 11.8 Å². The molecule has 5 heteroatoms. The lowest BCUT2D eigenvalue weighted by atomic mass is 10.4. The molecule has 1 fully saturated rings. The summed E-state index contributed by atoms with van der Waals surface area (Å²) in [4.78, 5) is 7.66. The fourth-order valence-corrected chi connectivity index (χ4v) is 2.38. The molecule has 1 aromatic heterocycles. The fraction of sp³-hybridized carbons (Fsp3) is 0.700. The molecule has 15 heavy (non-hydrogen) atoms. The standard InChI is InChI=1S/C10H17N3OS/c1-2-11-5-8-6-12-10(13-8)9-7-15-4-3-14-9/h6,9,11H,2-5,7H2,1H3,(H,12,13). The predicted molar refractivity (Wildman–Crippen MR) is 62.0 cm³/mol. The van der Waals surface area contributed by atoms with Gasteiger partial charge in [-0.15, -0.1) is 0 Å². The summed E-state index contributed by atoms with van der Waals surface area (Å²) in [7, 11) is 0. The third kappa shape index (κ3) is 2.96. The summed E-state index contributed by atoms with van der Waals surface area (Å²) in [5.41, 5.74) is 1.13. The van der Waals surface area contributed by atoms with Gasteiger partial charge in [-0.2, -0.15) is 11.8 Å². The van der Waals surface area contributed by atoms with Crippen LogP contribution in [0.2, 0.25) is 0 Å². The molecule has 1 saturated heterocycles. The summed E-state index contributed by atoms with van der Waals surface area (Å²) in [5, 5.41) is 3.26. The molecule has 0 saturated carbocycles. The molecule has 84 valence electrons. The maximum Gasteiger partial charge on any atom is 0.136 e. The van der Waals surface area contributed by atoms with E-state index < -0.39 is 0 Å². The van der Waals surface area contributed by atoms with Crippen LogP contribution in [0.25, 0.3) is 0 Å². The molecule has 0 radical (unpaired) electrons. The molecule has 1 aliphatic rings. The van der Waals surface area contributed by atoms with Crippen molar-refractivity contribution in [2.45, 2.75) is 19.6 Å².